The Morgan fingerprint density at radius 3 is 2.82 bits per heavy atom. The van der Waals surface area contributed by atoms with Crippen molar-refractivity contribution in [1.82, 2.24) is 19.6 Å². The van der Waals surface area contributed by atoms with Crippen LogP contribution >= 0.6 is 12.4 Å². The molecule has 0 bridgehead atoms. The molecule has 3 rings (SSSR count). The van der Waals surface area contributed by atoms with Crippen molar-refractivity contribution in [2.45, 2.75) is 43.7 Å². The second-order valence-corrected chi connectivity index (χ2v) is 8.57. The van der Waals surface area contributed by atoms with Gasteiger partial charge in [0.2, 0.25) is 5.91 Å². The third-order valence-corrected chi connectivity index (χ3v) is 6.15. The molecule has 0 fully saturated rings. The number of anilines is 1. The minimum absolute atomic E-state index is 0. The van der Waals surface area contributed by atoms with Crippen LogP contribution in [0.1, 0.15) is 42.3 Å². The van der Waals surface area contributed by atoms with Gasteiger partial charge in [0.1, 0.15) is 5.82 Å². The maximum atomic E-state index is 12.3. The number of benzene rings is 1. The first-order chi connectivity index (χ1) is 12.8. The van der Waals surface area contributed by atoms with Crippen LogP contribution in [-0.4, -0.2) is 30.4 Å². The van der Waals surface area contributed by atoms with Gasteiger partial charge in [0.25, 0.3) is 10.0 Å². The van der Waals surface area contributed by atoms with Gasteiger partial charge in [-0.25, -0.2) is 18.1 Å². The van der Waals surface area contributed by atoms with E-state index in [-0.39, 0.29) is 42.3 Å². The summed E-state index contributed by atoms with van der Waals surface area (Å²) in [6.07, 6.45) is 4.30. The molecule has 1 aliphatic rings. The molecule has 2 aromatic rings. The molecule has 154 valence electrons. The van der Waals surface area contributed by atoms with Crippen LogP contribution in [0.4, 0.5) is 5.69 Å². The first-order valence-corrected chi connectivity index (χ1v) is 10.4. The van der Waals surface area contributed by atoms with Crippen LogP contribution in [0.2, 0.25) is 0 Å². The molecule has 1 aromatic carbocycles. The molecule has 4 N–H and O–H groups in total. The Bertz CT molecular complexity index is 939. The molecule has 1 aromatic heterocycles. The first kappa shape index (κ1) is 22.2. The molecule has 0 spiro atoms. The number of fused-ring (bicyclic) bond motifs is 1. The molecular weight excluding hydrogens is 402 g/mol. The highest BCUT2D eigenvalue weighted by molar-refractivity contribution is 7.89. The summed E-state index contributed by atoms with van der Waals surface area (Å²) in [4.78, 5) is 16.3. The first-order valence-electron chi connectivity index (χ1n) is 8.93. The standard InChI is InChI=1S/C18H25N5O3S.ClH/c1-12-21-18(11-23(12)2)27(25,26)20-9-8-17(24)22-16-5-3-4-13-10-14(19)6-7-15(13)16;/h6-7,10-11,16,20H,3-5,8-9,19H2,1-2H3,(H,22,24);1H. The number of halogens is 1. The van der Waals surface area contributed by atoms with E-state index in [1.54, 1.807) is 18.5 Å². The van der Waals surface area contributed by atoms with Crippen molar-refractivity contribution in [2.75, 3.05) is 12.3 Å². The molecule has 0 radical (unpaired) electrons. The van der Waals surface area contributed by atoms with E-state index in [9.17, 15) is 13.2 Å². The third-order valence-electron chi connectivity index (χ3n) is 4.82. The molecule has 1 atom stereocenters. The number of rotatable bonds is 6. The van der Waals surface area contributed by atoms with Crippen molar-refractivity contribution >= 4 is 34.0 Å². The van der Waals surface area contributed by atoms with Crippen molar-refractivity contribution in [2.24, 2.45) is 7.05 Å². The van der Waals surface area contributed by atoms with Crippen LogP contribution in [-0.2, 0) is 28.3 Å². The highest BCUT2D eigenvalue weighted by atomic mass is 35.5. The summed E-state index contributed by atoms with van der Waals surface area (Å²) < 4.78 is 28.5. The van der Waals surface area contributed by atoms with Gasteiger partial charge in [0.05, 0.1) is 6.04 Å². The molecule has 0 saturated heterocycles. The van der Waals surface area contributed by atoms with Gasteiger partial charge in [0, 0.05) is 31.9 Å². The molecule has 1 unspecified atom stereocenters. The smallest absolute Gasteiger partial charge is 0.259 e. The lowest BCUT2D eigenvalue weighted by Gasteiger charge is -2.26. The Balaban J connectivity index is 0.00000280. The number of nitrogens with one attached hydrogen (secondary N) is 2. The monoisotopic (exact) mass is 427 g/mol. The lowest BCUT2D eigenvalue weighted by molar-refractivity contribution is -0.121. The number of hydrogen-bond donors (Lipinski definition) is 3. The largest absolute Gasteiger partial charge is 0.399 e. The molecule has 28 heavy (non-hydrogen) atoms. The fourth-order valence-electron chi connectivity index (χ4n) is 3.28. The average Bonchev–Trinajstić information content (AvgIpc) is 2.94. The van der Waals surface area contributed by atoms with Gasteiger partial charge in [-0.1, -0.05) is 6.07 Å². The number of aromatic nitrogens is 2. The van der Waals surface area contributed by atoms with Crippen LogP contribution in [0, 0.1) is 6.92 Å². The SMILES string of the molecule is Cc1nc(S(=O)(=O)NCCC(=O)NC2CCCc3cc(N)ccc32)cn1C.Cl. The van der Waals surface area contributed by atoms with Crippen molar-refractivity contribution in [3.8, 4) is 0 Å². The number of aryl methyl sites for hydroxylation is 3. The van der Waals surface area contributed by atoms with Gasteiger partial charge in [-0.05, 0) is 49.4 Å². The van der Waals surface area contributed by atoms with Gasteiger partial charge in [-0.3, -0.25) is 4.79 Å². The zero-order valence-corrected chi connectivity index (χ0v) is 17.6. The van der Waals surface area contributed by atoms with E-state index in [2.05, 4.69) is 15.0 Å². The second-order valence-electron chi connectivity index (χ2n) is 6.86. The maximum absolute atomic E-state index is 12.3. The third kappa shape index (κ3) is 5.03. The predicted octanol–water partition coefficient (Wildman–Crippen LogP) is 1.59. The van der Waals surface area contributed by atoms with Crippen molar-refractivity contribution in [3.05, 3.63) is 41.3 Å². The summed E-state index contributed by atoms with van der Waals surface area (Å²) in [7, 11) is -1.99. The second kappa shape index (κ2) is 8.93. The molecule has 0 saturated carbocycles. The Morgan fingerprint density at radius 2 is 2.14 bits per heavy atom. The van der Waals surface area contributed by atoms with Gasteiger partial charge >= 0.3 is 0 Å². The molecule has 1 aliphatic carbocycles. The molecular formula is C18H26ClN5O3S. The summed E-state index contributed by atoms with van der Waals surface area (Å²) in [6, 6.07) is 5.70. The van der Waals surface area contributed by atoms with Crippen LogP contribution in [0.5, 0.6) is 0 Å². The van der Waals surface area contributed by atoms with E-state index < -0.39 is 10.0 Å². The zero-order chi connectivity index (χ0) is 19.6. The van der Waals surface area contributed by atoms with Crippen LogP contribution in [0.25, 0.3) is 0 Å². The summed E-state index contributed by atoms with van der Waals surface area (Å²) in [5, 5.41) is 2.96. The highest BCUT2D eigenvalue weighted by Crippen LogP contribution is 2.30. The predicted molar refractivity (Wildman–Crippen MR) is 110 cm³/mol. The molecule has 8 nitrogen and oxygen atoms in total. The summed E-state index contributed by atoms with van der Waals surface area (Å²) >= 11 is 0. The number of carbonyl (C=O) groups is 1. The summed E-state index contributed by atoms with van der Waals surface area (Å²) in [5.74, 6) is 0.411. The van der Waals surface area contributed by atoms with Crippen LogP contribution < -0.4 is 15.8 Å². The van der Waals surface area contributed by atoms with E-state index in [0.29, 0.717) is 5.82 Å². The quantitative estimate of drug-likeness (QED) is 0.605. The molecule has 10 heteroatoms. The summed E-state index contributed by atoms with van der Waals surface area (Å²) in [6.45, 7) is 1.74. The Morgan fingerprint density at radius 1 is 1.39 bits per heavy atom. The van der Waals surface area contributed by atoms with Crippen molar-refractivity contribution in [3.63, 3.8) is 0 Å². The Hall–Kier alpha value is -2.10. The van der Waals surface area contributed by atoms with Gasteiger partial charge < -0.3 is 15.6 Å². The Kier molecular flexibility index (Phi) is 7.08. The van der Waals surface area contributed by atoms with Crippen LogP contribution in [0.3, 0.4) is 0 Å². The minimum atomic E-state index is -3.72. The van der Waals surface area contributed by atoms with Crippen molar-refractivity contribution < 1.29 is 13.2 Å². The summed E-state index contributed by atoms with van der Waals surface area (Å²) in [5.41, 5.74) is 8.81. The van der Waals surface area contributed by atoms with E-state index in [1.807, 2.05) is 18.2 Å². The van der Waals surface area contributed by atoms with Gasteiger partial charge in [-0.15, -0.1) is 12.4 Å². The molecule has 1 heterocycles. The molecule has 1 amide bonds. The van der Waals surface area contributed by atoms with E-state index in [1.165, 1.54) is 6.20 Å². The maximum Gasteiger partial charge on any atom is 0.259 e. The number of nitrogen functional groups attached to an aromatic ring is 1. The number of amides is 1. The zero-order valence-electron chi connectivity index (χ0n) is 15.9. The van der Waals surface area contributed by atoms with E-state index in [4.69, 9.17) is 5.73 Å². The van der Waals surface area contributed by atoms with Gasteiger partial charge in [0.15, 0.2) is 5.03 Å². The lowest BCUT2D eigenvalue weighted by atomic mass is 9.87. The van der Waals surface area contributed by atoms with E-state index >= 15 is 0 Å². The fraction of sp³-hybridized carbons (Fsp3) is 0.444. The number of sulfonamides is 1. The topological polar surface area (TPSA) is 119 Å². The highest BCUT2D eigenvalue weighted by Gasteiger charge is 2.22. The number of imidazole rings is 1. The molecule has 0 aliphatic heterocycles. The average molecular weight is 428 g/mol. The number of nitrogens with zero attached hydrogens (tertiary/aromatic N) is 2. The number of carbonyl (C=O) groups excluding carboxylic acids is 1. The Labute approximate surface area is 171 Å². The van der Waals surface area contributed by atoms with Gasteiger partial charge in [-0.2, -0.15) is 0 Å². The fourth-order valence-corrected chi connectivity index (χ4v) is 4.35. The normalized spacial score (nSPS) is 16.1. The lowest BCUT2D eigenvalue weighted by Crippen LogP contribution is -2.34. The minimum Gasteiger partial charge on any atom is -0.399 e. The van der Waals surface area contributed by atoms with Crippen LogP contribution in [0.15, 0.2) is 29.4 Å². The van der Waals surface area contributed by atoms with E-state index in [0.717, 1.165) is 36.1 Å². The number of nitrogens with two attached hydrogens (primary N) is 1. The number of hydrogen-bond acceptors (Lipinski definition) is 5. The van der Waals surface area contributed by atoms with Crippen molar-refractivity contribution in [1.29, 1.82) is 0 Å².